The van der Waals surface area contributed by atoms with Crippen molar-refractivity contribution in [1.82, 2.24) is 9.78 Å². The molecule has 0 saturated carbocycles. The van der Waals surface area contributed by atoms with Crippen molar-refractivity contribution in [2.75, 3.05) is 0 Å². The number of aryl methyl sites for hydroxylation is 1. The summed E-state index contributed by atoms with van der Waals surface area (Å²) in [6, 6.07) is 4.12. The van der Waals surface area contributed by atoms with Crippen molar-refractivity contribution >= 4 is 11.3 Å². The normalized spacial score (nSPS) is 13.8. The molecule has 98 valence electrons. The highest BCUT2D eigenvalue weighted by Crippen LogP contribution is 2.34. The maximum atomic E-state index is 10.3. The Morgan fingerprint density at radius 2 is 2.11 bits per heavy atom. The van der Waals surface area contributed by atoms with Crippen LogP contribution in [-0.2, 0) is 12.0 Å². The number of nitrogens with zero attached hydrogens (tertiary/aromatic N) is 2. The molecule has 0 spiro atoms. The van der Waals surface area contributed by atoms with E-state index in [1.807, 2.05) is 23.9 Å². The van der Waals surface area contributed by atoms with Gasteiger partial charge < -0.3 is 5.11 Å². The molecule has 0 aliphatic heterocycles. The molecule has 0 amide bonds. The van der Waals surface area contributed by atoms with Gasteiger partial charge in [-0.3, -0.25) is 4.68 Å². The highest BCUT2D eigenvalue weighted by molar-refractivity contribution is 7.12. The number of hydrogen-bond acceptors (Lipinski definition) is 3. The smallest absolute Gasteiger partial charge is 0.116 e. The summed E-state index contributed by atoms with van der Waals surface area (Å²) < 4.78 is 1.83. The van der Waals surface area contributed by atoms with Gasteiger partial charge in [0.25, 0.3) is 0 Å². The molecule has 0 aliphatic carbocycles. The molecule has 0 aliphatic rings. The summed E-state index contributed by atoms with van der Waals surface area (Å²) in [5, 5.41) is 14.5. The van der Waals surface area contributed by atoms with Crippen LogP contribution in [0, 0.1) is 0 Å². The lowest BCUT2D eigenvalue weighted by atomic mass is 9.95. The maximum absolute atomic E-state index is 10.3. The fourth-order valence-corrected chi connectivity index (χ4v) is 2.84. The van der Waals surface area contributed by atoms with E-state index in [0.29, 0.717) is 0 Å². The standard InChI is InChI=1S/C14H20N2OS/c1-5-16-9-10(8-15-16)13(17)11-6-7-12(18-11)14(2,3)4/h6-9,13,17H,5H2,1-4H3. The third-order valence-electron chi connectivity index (χ3n) is 2.93. The van der Waals surface area contributed by atoms with E-state index < -0.39 is 6.10 Å². The lowest BCUT2D eigenvalue weighted by Crippen LogP contribution is -2.07. The Morgan fingerprint density at radius 3 is 2.61 bits per heavy atom. The van der Waals surface area contributed by atoms with Gasteiger partial charge in [0.15, 0.2) is 0 Å². The summed E-state index contributed by atoms with van der Waals surface area (Å²) in [7, 11) is 0. The van der Waals surface area contributed by atoms with Gasteiger partial charge in [0.2, 0.25) is 0 Å². The Labute approximate surface area is 112 Å². The van der Waals surface area contributed by atoms with Crippen molar-refractivity contribution in [3.63, 3.8) is 0 Å². The molecular weight excluding hydrogens is 244 g/mol. The van der Waals surface area contributed by atoms with Crippen LogP contribution in [-0.4, -0.2) is 14.9 Å². The molecule has 1 atom stereocenters. The first-order valence-electron chi connectivity index (χ1n) is 6.22. The highest BCUT2D eigenvalue weighted by atomic mass is 32.1. The van der Waals surface area contributed by atoms with Crippen molar-refractivity contribution in [1.29, 1.82) is 0 Å². The van der Waals surface area contributed by atoms with Gasteiger partial charge in [0.1, 0.15) is 6.10 Å². The van der Waals surface area contributed by atoms with Gasteiger partial charge in [-0.15, -0.1) is 11.3 Å². The van der Waals surface area contributed by atoms with Gasteiger partial charge in [0.05, 0.1) is 6.20 Å². The molecule has 0 aromatic carbocycles. The lowest BCUT2D eigenvalue weighted by Gasteiger charge is -2.15. The molecule has 18 heavy (non-hydrogen) atoms. The molecule has 0 radical (unpaired) electrons. The lowest BCUT2D eigenvalue weighted by molar-refractivity contribution is 0.224. The van der Waals surface area contributed by atoms with E-state index in [9.17, 15) is 5.11 Å². The fourth-order valence-electron chi connectivity index (χ4n) is 1.76. The van der Waals surface area contributed by atoms with Crippen molar-refractivity contribution < 1.29 is 5.11 Å². The minimum absolute atomic E-state index is 0.135. The molecule has 1 unspecified atom stereocenters. The first-order valence-corrected chi connectivity index (χ1v) is 7.04. The van der Waals surface area contributed by atoms with Gasteiger partial charge >= 0.3 is 0 Å². The number of hydrogen-bond donors (Lipinski definition) is 1. The van der Waals surface area contributed by atoms with Crippen LogP contribution >= 0.6 is 11.3 Å². The predicted molar refractivity (Wildman–Crippen MR) is 75.0 cm³/mol. The summed E-state index contributed by atoms with van der Waals surface area (Å²) in [6.45, 7) is 9.41. The predicted octanol–water partition coefficient (Wildman–Crippen LogP) is 3.34. The number of thiophene rings is 1. The van der Waals surface area contributed by atoms with Crippen LogP contribution in [0.1, 0.15) is 49.1 Å². The Hall–Kier alpha value is -1.13. The SMILES string of the molecule is CCn1cc(C(O)c2ccc(C(C)(C)C)s2)cn1. The second-order valence-corrected chi connectivity index (χ2v) is 6.60. The second-order valence-electron chi connectivity index (χ2n) is 5.48. The largest absolute Gasteiger partial charge is 0.383 e. The van der Waals surface area contributed by atoms with Gasteiger partial charge in [-0.05, 0) is 24.5 Å². The first-order chi connectivity index (χ1) is 8.41. The van der Waals surface area contributed by atoms with E-state index in [0.717, 1.165) is 17.0 Å². The summed E-state index contributed by atoms with van der Waals surface area (Å²) in [5.74, 6) is 0. The second kappa shape index (κ2) is 4.86. The molecule has 0 fully saturated rings. The summed E-state index contributed by atoms with van der Waals surface area (Å²) in [6.07, 6.45) is 3.08. The molecule has 0 saturated heterocycles. The number of rotatable bonds is 3. The summed E-state index contributed by atoms with van der Waals surface area (Å²) >= 11 is 1.67. The van der Waals surface area contributed by atoms with Crippen LogP contribution in [0.4, 0.5) is 0 Å². The van der Waals surface area contributed by atoms with Crippen LogP contribution in [0.25, 0.3) is 0 Å². The van der Waals surface area contributed by atoms with Crippen LogP contribution in [0.3, 0.4) is 0 Å². The molecule has 2 rings (SSSR count). The van der Waals surface area contributed by atoms with E-state index in [-0.39, 0.29) is 5.41 Å². The zero-order valence-electron chi connectivity index (χ0n) is 11.3. The topological polar surface area (TPSA) is 38.0 Å². The minimum Gasteiger partial charge on any atom is -0.383 e. The Kier molecular flexibility index (Phi) is 3.59. The maximum Gasteiger partial charge on any atom is 0.116 e. The Bertz CT molecular complexity index is 522. The van der Waals surface area contributed by atoms with Crippen LogP contribution in [0.15, 0.2) is 24.5 Å². The van der Waals surface area contributed by atoms with E-state index in [4.69, 9.17) is 0 Å². The molecule has 3 nitrogen and oxygen atoms in total. The van der Waals surface area contributed by atoms with Gasteiger partial charge in [-0.1, -0.05) is 20.8 Å². The van der Waals surface area contributed by atoms with Crippen LogP contribution in [0.2, 0.25) is 0 Å². The van der Waals surface area contributed by atoms with E-state index >= 15 is 0 Å². The zero-order chi connectivity index (χ0) is 13.3. The number of aromatic nitrogens is 2. The summed E-state index contributed by atoms with van der Waals surface area (Å²) in [5.41, 5.74) is 0.995. The first kappa shape index (κ1) is 13.3. The third kappa shape index (κ3) is 2.65. The van der Waals surface area contributed by atoms with Crippen LogP contribution < -0.4 is 0 Å². The Balaban J connectivity index is 2.23. The van der Waals surface area contributed by atoms with Crippen LogP contribution in [0.5, 0.6) is 0 Å². The van der Waals surface area contributed by atoms with Crippen molar-refractivity contribution in [2.24, 2.45) is 0 Å². The number of aliphatic hydroxyl groups is 1. The quantitative estimate of drug-likeness (QED) is 0.923. The highest BCUT2D eigenvalue weighted by Gasteiger charge is 2.20. The number of aliphatic hydroxyl groups excluding tert-OH is 1. The average molecular weight is 264 g/mol. The molecule has 2 aromatic heterocycles. The average Bonchev–Trinajstić information content (AvgIpc) is 2.96. The molecule has 4 heteroatoms. The zero-order valence-corrected chi connectivity index (χ0v) is 12.2. The van der Waals surface area contributed by atoms with Gasteiger partial charge in [0, 0.05) is 28.1 Å². The molecular formula is C14H20N2OS. The summed E-state index contributed by atoms with van der Waals surface area (Å²) in [4.78, 5) is 2.27. The molecule has 0 bridgehead atoms. The minimum atomic E-state index is -0.564. The fraction of sp³-hybridized carbons (Fsp3) is 0.500. The molecule has 2 aromatic rings. The van der Waals surface area contributed by atoms with Crippen molar-refractivity contribution in [2.45, 2.75) is 45.8 Å². The van der Waals surface area contributed by atoms with E-state index in [1.165, 1.54) is 4.88 Å². The van der Waals surface area contributed by atoms with Gasteiger partial charge in [-0.25, -0.2) is 0 Å². The Morgan fingerprint density at radius 1 is 1.39 bits per heavy atom. The van der Waals surface area contributed by atoms with Crippen molar-refractivity contribution in [3.05, 3.63) is 39.8 Å². The monoisotopic (exact) mass is 264 g/mol. The van der Waals surface area contributed by atoms with Gasteiger partial charge in [-0.2, -0.15) is 5.10 Å². The van der Waals surface area contributed by atoms with E-state index in [2.05, 4.69) is 31.9 Å². The van der Waals surface area contributed by atoms with E-state index in [1.54, 1.807) is 17.5 Å². The third-order valence-corrected chi connectivity index (χ3v) is 4.49. The molecule has 2 heterocycles. The van der Waals surface area contributed by atoms with Crippen molar-refractivity contribution in [3.8, 4) is 0 Å². The molecule has 1 N–H and O–H groups in total.